The summed E-state index contributed by atoms with van der Waals surface area (Å²) in [5.74, 6) is -0.517. The van der Waals surface area contributed by atoms with Gasteiger partial charge in [-0.25, -0.2) is 4.98 Å². The minimum absolute atomic E-state index is 0.0823. The number of para-hydroxylation sites is 1. The number of nitro benzene ring substituents is 1. The molecule has 0 aliphatic carbocycles. The second-order valence-corrected chi connectivity index (χ2v) is 6.92. The molecular formula is C19H18N4O4S. The van der Waals surface area contributed by atoms with Gasteiger partial charge in [-0.2, -0.15) is 0 Å². The number of nitro groups is 1. The molecular weight excluding hydrogens is 380 g/mol. The molecule has 3 aromatic rings. The van der Waals surface area contributed by atoms with Gasteiger partial charge in [-0.1, -0.05) is 23.5 Å². The van der Waals surface area contributed by atoms with Crippen LogP contribution in [0.4, 0.5) is 10.8 Å². The van der Waals surface area contributed by atoms with Crippen molar-refractivity contribution in [3.05, 3.63) is 64.2 Å². The van der Waals surface area contributed by atoms with Gasteiger partial charge < -0.3 is 5.32 Å². The Kier molecular flexibility index (Phi) is 5.95. The Hall–Kier alpha value is -3.33. The predicted octanol–water partition coefficient (Wildman–Crippen LogP) is 3.38. The summed E-state index contributed by atoms with van der Waals surface area (Å²) in [7, 11) is 0. The van der Waals surface area contributed by atoms with Crippen LogP contribution in [0.15, 0.2) is 48.5 Å². The van der Waals surface area contributed by atoms with Crippen LogP contribution < -0.4 is 10.2 Å². The summed E-state index contributed by atoms with van der Waals surface area (Å²) in [4.78, 5) is 40.9. The number of thiazole rings is 1. The van der Waals surface area contributed by atoms with Crippen LogP contribution in [0.3, 0.4) is 0 Å². The largest absolute Gasteiger partial charge is 0.352 e. The number of hydrogen-bond donors (Lipinski definition) is 1. The first kappa shape index (κ1) is 19.4. The van der Waals surface area contributed by atoms with Gasteiger partial charge in [0.2, 0.25) is 5.91 Å². The highest BCUT2D eigenvalue weighted by Gasteiger charge is 2.18. The van der Waals surface area contributed by atoms with Crippen molar-refractivity contribution < 1.29 is 14.5 Å². The quantitative estimate of drug-likeness (QED) is 0.485. The average Bonchev–Trinajstić information content (AvgIpc) is 3.12. The van der Waals surface area contributed by atoms with Gasteiger partial charge in [-0.3, -0.25) is 24.6 Å². The molecule has 2 aromatic carbocycles. The third-order valence-corrected chi connectivity index (χ3v) is 5.15. The first-order valence-corrected chi connectivity index (χ1v) is 9.50. The lowest BCUT2D eigenvalue weighted by Crippen LogP contribution is -2.34. The summed E-state index contributed by atoms with van der Waals surface area (Å²) >= 11 is 1.45. The molecule has 144 valence electrons. The van der Waals surface area contributed by atoms with Crippen molar-refractivity contribution in [1.82, 2.24) is 10.3 Å². The standard InChI is InChI=1S/C19H18N4O4S/c1-2-22(19-21-15-5-3-4-6-16(15)28-19)17(24)11-12-20-18(25)13-7-9-14(10-8-13)23(26)27/h3-10H,2,11-12H2,1H3,(H,20,25). The van der Waals surface area contributed by atoms with E-state index in [1.54, 1.807) is 4.90 Å². The number of aromatic nitrogens is 1. The maximum absolute atomic E-state index is 12.6. The molecule has 0 radical (unpaired) electrons. The number of nitrogens with one attached hydrogen (secondary N) is 1. The highest BCUT2D eigenvalue weighted by Crippen LogP contribution is 2.28. The number of carbonyl (C=O) groups is 2. The van der Waals surface area contributed by atoms with E-state index in [2.05, 4.69) is 10.3 Å². The van der Waals surface area contributed by atoms with Crippen LogP contribution in [0.5, 0.6) is 0 Å². The predicted molar refractivity (Wildman–Crippen MR) is 108 cm³/mol. The third-order valence-electron chi connectivity index (χ3n) is 4.10. The van der Waals surface area contributed by atoms with Crippen LogP contribution in [0, 0.1) is 10.1 Å². The molecule has 9 heteroatoms. The topological polar surface area (TPSA) is 105 Å². The number of rotatable bonds is 7. The van der Waals surface area contributed by atoms with E-state index in [9.17, 15) is 19.7 Å². The van der Waals surface area contributed by atoms with Gasteiger partial charge in [0, 0.05) is 37.2 Å². The van der Waals surface area contributed by atoms with Gasteiger partial charge in [0.05, 0.1) is 15.1 Å². The van der Waals surface area contributed by atoms with Crippen LogP contribution in [-0.2, 0) is 4.79 Å². The highest BCUT2D eigenvalue weighted by atomic mass is 32.1. The third kappa shape index (κ3) is 4.32. The minimum Gasteiger partial charge on any atom is -0.352 e. The zero-order chi connectivity index (χ0) is 20.1. The number of amides is 2. The molecule has 1 heterocycles. The number of hydrogen-bond acceptors (Lipinski definition) is 6. The Labute approximate surface area is 165 Å². The summed E-state index contributed by atoms with van der Waals surface area (Å²) in [5.41, 5.74) is 1.07. The molecule has 0 fully saturated rings. The monoisotopic (exact) mass is 398 g/mol. The Balaban J connectivity index is 1.57. The lowest BCUT2D eigenvalue weighted by Gasteiger charge is -2.17. The molecule has 1 aromatic heterocycles. The first-order valence-electron chi connectivity index (χ1n) is 8.68. The number of benzene rings is 2. The number of fused-ring (bicyclic) bond motifs is 1. The molecule has 2 amide bonds. The second kappa shape index (κ2) is 8.57. The Morgan fingerprint density at radius 3 is 2.54 bits per heavy atom. The Morgan fingerprint density at radius 2 is 1.89 bits per heavy atom. The van der Waals surface area contributed by atoms with Crippen molar-refractivity contribution in [2.24, 2.45) is 0 Å². The van der Waals surface area contributed by atoms with Crippen LogP contribution in [0.1, 0.15) is 23.7 Å². The van der Waals surface area contributed by atoms with E-state index in [-0.39, 0.29) is 30.5 Å². The van der Waals surface area contributed by atoms with Crippen molar-refractivity contribution in [1.29, 1.82) is 0 Å². The summed E-state index contributed by atoms with van der Waals surface area (Å²) in [6.07, 6.45) is 0.127. The summed E-state index contributed by atoms with van der Waals surface area (Å²) in [6, 6.07) is 13.0. The van der Waals surface area contributed by atoms with E-state index >= 15 is 0 Å². The lowest BCUT2D eigenvalue weighted by molar-refractivity contribution is -0.384. The molecule has 0 unspecified atom stereocenters. The molecule has 0 atom stereocenters. The van der Waals surface area contributed by atoms with Gasteiger partial charge >= 0.3 is 0 Å². The van der Waals surface area contributed by atoms with E-state index < -0.39 is 4.92 Å². The average molecular weight is 398 g/mol. The van der Waals surface area contributed by atoms with Gasteiger partial charge in [-0.05, 0) is 31.2 Å². The molecule has 28 heavy (non-hydrogen) atoms. The number of carbonyl (C=O) groups excluding carboxylic acids is 2. The SMILES string of the molecule is CCN(C(=O)CCNC(=O)c1ccc([N+](=O)[O-])cc1)c1nc2ccccc2s1. The lowest BCUT2D eigenvalue weighted by atomic mass is 10.2. The zero-order valence-corrected chi connectivity index (χ0v) is 15.9. The number of nitrogens with zero attached hydrogens (tertiary/aromatic N) is 3. The van der Waals surface area contributed by atoms with Gasteiger partial charge in [0.25, 0.3) is 11.6 Å². The summed E-state index contributed by atoms with van der Waals surface area (Å²) < 4.78 is 1.01. The van der Waals surface area contributed by atoms with E-state index in [0.29, 0.717) is 17.2 Å². The molecule has 1 N–H and O–H groups in total. The number of anilines is 1. The van der Waals surface area contributed by atoms with E-state index in [1.807, 2.05) is 31.2 Å². The highest BCUT2D eigenvalue weighted by molar-refractivity contribution is 7.22. The smallest absolute Gasteiger partial charge is 0.269 e. The van der Waals surface area contributed by atoms with Crippen molar-refractivity contribution in [2.75, 3.05) is 18.0 Å². The summed E-state index contributed by atoms with van der Waals surface area (Å²) in [6.45, 7) is 2.52. The Morgan fingerprint density at radius 1 is 1.18 bits per heavy atom. The first-order chi connectivity index (χ1) is 13.5. The fourth-order valence-corrected chi connectivity index (χ4v) is 3.69. The van der Waals surface area contributed by atoms with Crippen LogP contribution in [0.25, 0.3) is 10.2 Å². The Bertz CT molecular complexity index is 983. The molecule has 8 nitrogen and oxygen atoms in total. The van der Waals surface area contributed by atoms with Gasteiger partial charge in [0.15, 0.2) is 5.13 Å². The molecule has 3 rings (SSSR count). The van der Waals surface area contributed by atoms with Crippen molar-refractivity contribution in [3.8, 4) is 0 Å². The number of non-ortho nitro benzene ring substituents is 1. The fraction of sp³-hybridized carbons (Fsp3) is 0.211. The minimum atomic E-state index is -0.526. The van der Waals surface area contributed by atoms with Crippen molar-refractivity contribution in [2.45, 2.75) is 13.3 Å². The molecule has 0 bridgehead atoms. The van der Waals surface area contributed by atoms with Crippen LogP contribution >= 0.6 is 11.3 Å². The van der Waals surface area contributed by atoms with Gasteiger partial charge in [0.1, 0.15) is 0 Å². The summed E-state index contributed by atoms with van der Waals surface area (Å²) in [5, 5.41) is 14.0. The fourth-order valence-electron chi connectivity index (χ4n) is 2.65. The van der Waals surface area contributed by atoms with E-state index in [4.69, 9.17) is 0 Å². The maximum atomic E-state index is 12.6. The van der Waals surface area contributed by atoms with Gasteiger partial charge in [-0.15, -0.1) is 0 Å². The maximum Gasteiger partial charge on any atom is 0.269 e. The molecule has 0 spiro atoms. The van der Waals surface area contributed by atoms with Crippen LogP contribution in [0.2, 0.25) is 0 Å². The molecule has 0 saturated carbocycles. The molecule has 0 aliphatic heterocycles. The van der Waals surface area contributed by atoms with Crippen molar-refractivity contribution >= 4 is 44.2 Å². The van der Waals surface area contributed by atoms with E-state index in [1.165, 1.54) is 35.6 Å². The second-order valence-electron chi connectivity index (χ2n) is 5.91. The van der Waals surface area contributed by atoms with E-state index in [0.717, 1.165) is 10.2 Å². The van der Waals surface area contributed by atoms with Crippen molar-refractivity contribution in [3.63, 3.8) is 0 Å². The molecule has 0 saturated heterocycles. The normalized spacial score (nSPS) is 10.6. The zero-order valence-electron chi connectivity index (χ0n) is 15.1. The van der Waals surface area contributed by atoms with Crippen LogP contribution in [-0.4, -0.2) is 34.8 Å². The molecule has 0 aliphatic rings.